The third-order valence-corrected chi connectivity index (χ3v) is 2.65. The number of nitro benzene ring substituents is 1. The lowest BCUT2D eigenvalue weighted by atomic mass is 10.0. The highest BCUT2D eigenvalue weighted by Gasteiger charge is 2.14. The Labute approximate surface area is 98.8 Å². The minimum atomic E-state index is -0.388. The maximum Gasteiger partial charge on any atom is 0.273 e. The van der Waals surface area contributed by atoms with Gasteiger partial charge in [0.25, 0.3) is 5.69 Å². The summed E-state index contributed by atoms with van der Waals surface area (Å²) in [7, 11) is 0. The zero-order valence-corrected chi connectivity index (χ0v) is 9.38. The second kappa shape index (κ2) is 4.25. The van der Waals surface area contributed by atoms with Crippen LogP contribution in [0.25, 0.3) is 11.1 Å². The first-order chi connectivity index (χ1) is 8.09. The molecule has 17 heavy (non-hydrogen) atoms. The summed E-state index contributed by atoms with van der Waals surface area (Å²) < 4.78 is 0. The number of nitrogen functional groups attached to an aromatic ring is 1. The van der Waals surface area contributed by atoms with Crippen LogP contribution in [0.5, 0.6) is 0 Å². The fourth-order valence-electron chi connectivity index (χ4n) is 1.78. The van der Waals surface area contributed by atoms with Crippen LogP contribution in [0.4, 0.5) is 11.4 Å². The third-order valence-electron chi connectivity index (χ3n) is 2.65. The quantitative estimate of drug-likeness (QED) is 0.487. The van der Waals surface area contributed by atoms with Gasteiger partial charge in [-0.25, -0.2) is 0 Å². The van der Waals surface area contributed by atoms with E-state index in [1.165, 1.54) is 6.07 Å². The fourth-order valence-corrected chi connectivity index (χ4v) is 1.78. The number of anilines is 1. The number of nitrogens with two attached hydrogens (primary N) is 1. The molecule has 0 fully saturated rings. The van der Waals surface area contributed by atoms with Gasteiger partial charge in [0, 0.05) is 22.9 Å². The molecule has 0 aliphatic heterocycles. The smallest absolute Gasteiger partial charge is 0.273 e. The number of hydrogen-bond acceptors (Lipinski definition) is 3. The van der Waals surface area contributed by atoms with Gasteiger partial charge in [-0.1, -0.05) is 30.3 Å². The summed E-state index contributed by atoms with van der Waals surface area (Å²) in [5, 5.41) is 10.9. The normalized spacial score (nSPS) is 10.2. The highest BCUT2D eigenvalue weighted by atomic mass is 16.6. The van der Waals surface area contributed by atoms with E-state index in [9.17, 15) is 10.1 Å². The zero-order chi connectivity index (χ0) is 12.4. The minimum absolute atomic E-state index is 0.0954. The molecule has 0 unspecified atom stereocenters. The number of nitro groups is 1. The summed E-state index contributed by atoms with van der Waals surface area (Å²) in [5.41, 5.74) is 8.71. The van der Waals surface area contributed by atoms with Crippen molar-refractivity contribution in [2.75, 3.05) is 5.73 Å². The largest absolute Gasteiger partial charge is 0.398 e. The Bertz CT molecular complexity index is 565. The van der Waals surface area contributed by atoms with Crippen molar-refractivity contribution in [3.8, 4) is 11.1 Å². The molecule has 4 nitrogen and oxygen atoms in total. The first-order valence-corrected chi connectivity index (χ1v) is 5.19. The van der Waals surface area contributed by atoms with E-state index >= 15 is 0 Å². The van der Waals surface area contributed by atoms with E-state index in [4.69, 9.17) is 5.73 Å². The SMILES string of the molecule is Cc1cc(N)c(-c2ccccc2)cc1[N+](=O)[O-]. The van der Waals surface area contributed by atoms with Gasteiger partial charge in [0.2, 0.25) is 0 Å². The van der Waals surface area contributed by atoms with Crippen LogP contribution in [0.1, 0.15) is 5.56 Å². The van der Waals surface area contributed by atoms with Crippen molar-refractivity contribution in [3.05, 3.63) is 58.1 Å². The number of nitrogens with zero attached hydrogens (tertiary/aromatic N) is 1. The molecule has 4 heteroatoms. The second-order valence-corrected chi connectivity index (χ2v) is 3.85. The molecule has 0 amide bonds. The van der Waals surface area contributed by atoms with Crippen molar-refractivity contribution in [3.63, 3.8) is 0 Å². The summed E-state index contributed by atoms with van der Waals surface area (Å²) in [4.78, 5) is 10.5. The Kier molecular flexibility index (Phi) is 2.78. The number of aryl methyl sites for hydroxylation is 1. The summed E-state index contributed by atoms with van der Waals surface area (Å²) in [6.07, 6.45) is 0. The number of benzene rings is 2. The van der Waals surface area contributed by atoms with Gasteiger partial charge < -0.3 is 5.73 Å². The van der Waals surface area contributed by atoms with Gasteiger partial charge in [0.1, 0.15) is 0 Å². The molecule has 2 aromatic rings. The van der Waals surface area contributed by atoms with Crippen LogP contribution in [0, 0.1) is 17.0 Å². The number of rotatable bonds is 2. The molecule has 0 spiro atoms. The monoisotopic (exact) mass is 228 g/mol. The summed E-state index contributed by atoms with van der Waals surface area (Å²) in [6.45, 7) is 1.68. The van der Waals surface area contributed by atoms with E-state index in [1.54, 1.807) is 13.0 Å². The predicted octanol–water partition coefficient (Wildman–Crippen LogP) is 3.15. The lowest BCUT2D eigenvalue weighted by molar-refractivity contribution is -0.385. The first kappa shape index (κ1) is 11.1. The predicted molar refractivity (Wildman–Crippen MR) is 67.7 cm³/mol. The molecule has 0 aromatic heterocycles. The molecule has 2 N–H and O–H groups in total. The molecule has 0 saturated carbocycles. The van der Waals surface area contributed by atoms with Gasteiger partial charge in [0.15, 0.2) is 0 Å². The average molecular weight is 228 g/mol. The number of hydrogen-bond donors (Lipinski definition) is 1. The first-order valence-electron chi connectivity index (χ1n) is 5.19. The maximum atomic E-state index is 10.9. The molecule has 0 aliphatic carbocycles. The second-order valence-electron chi connectivity index (χ2n) is 3.85. The fraction of sp³-hybridized carbons (Fsp3) is 0.0769. The van der Waals surface area contributed by atoms with E-state index < -0.39 is 0 Å². The molecule has 0 radical (unpaired) electrons. The van der Waals surface area contributed by atoms with Crippen LogP contribution in [0.3, 0.4) is 0 Å². The van der Waals surface area contributed by atoms with E-state index in [-0.39, 0.29) is 10.6 Å². The zero-order valence-electron chi connectivity index (χ0n) is 9.38. The molecule has 2 aromatic carbocycles. The molecule has 0 atom stereocenters. The summed E-state index contributed by atoms with van der Waals surface area (Å²) >= 11 is 0. The van der Waals surface area contributed by atoms with Crippen molar-refractivity contribution in [1.82, 2.24) is 0 Å². The lowest BCUT2D eigenvalue weighted by Gasteiger charge is -2.07. The van der Waals surface area contributed by atoms with Gasteiger partial charge in [-0.3, -0.25) is 10.1 Å². The highest BCUT2D eigenvalue weighted by Crippen LogP contribution is 2.32. The molecule has 0 aliphatic rings. The van der Waals surface area contributed by atoms with Crippen LogP contribution < -0.4 is 5.73 Å². The van der Waals surface area contributed by atoms with Crippen LogP contribution >= 0.6 is 0 Å². The van der Waals surface area contributed by atoms with E-state index in [0.717, 1.165) is 5.56 Å². The maximum absolute atomic E-state index is 10.9. The molecule has 0 bridgehead atoms. The molecular weight excluding hydrogens is 216 g/mol. The third kappa shape index (κ3) is 2.10. The molecule has 0 saturated heterocycles. The van der Waals surface area contributed by atoms with Gasteiger partial charge in [-0.05, 0) is 18.6 Å². The molecular formula is C13H12N2O2. The van der Waals surface area contributed by atoms with Crippen LogP contribution in [-0.2, 0) is 0 Å². The molecule has 0 heterocycles. The van der Waals surface area contributed by atoms with Gasteiger partial charge in [-0.2, -0.15) is 0 Å². The van der Waals surface area contributed by atoms with Gasteiger partial charge in [-0.15, -0.1) is 0 Å². The Hall–Kier alpha value is -2.36. The lowest BCUT2D eigenvalue weighted by Crippen LogP contribution is -1.96. The Balaban J connectivity index is 2.63. The Morgan fingerprint density at radius 1 is 1.18 bits per heavy atom. The van der Waals surface area contributed by atoms with E-state index in [2.05, 4.69) is 0 Å². The Morgan fingerprint density at radius 2 is 1.82 bits per heavy atom. The highest BCUT2D eigenvalue weighted by molar-refractivity contribution is 5.79. The van der Waals surface area contributed by atoms with Crippen molar-refractivity contribution >= 4 is 11.4 Å². The van der Waals surface area contributed by atoms with E-state index in [1.807, 2.05) is 30.3 Å². The van der Waals surface area contributed by atoms with Crippen LogP contribution in [0.15, 0.2) is 42.5 Å². The summed E-state index contributed by atoms with van der Waals surface area (Å²) in [5.74, 6) is 0. The van der Waals surface area contributed by atoms with Crippen molar-refractivity contribution in [2.45, 2.75) is 6.92 Å². The summed E-state index contributed by atoms with van der Waals surface area (Å²) in [6, 6.07) is 12.6. The van der Waals surface area contributed by atoms with Crippen molar-refractivity contribution in [1.29, 1.82) is 0 Å². The van der Waals surface area contributed by atoms with Crippen LogP contribution in [-0.4, -0.2) is 4.92 Å². The Morgan fingerprint density at radius 3 is 2.41 bits per heavy atom. The van der Waals surface area contributed by atoms with Crippen LogP contribution in [0.2, 0.25) is 0 Å². The standard InChI is InChI=1S/C13H12N2O2/c1-9-7-12(14)11(8-13(9)15(16)17)10-5-3-2-4-6-10/h2-8H,14H2,1H3. The van der Waals surface area contributed by atoms with Crippen molar-refractivity contribution < 1.29 is 4.92 Å². The topological polar surface area (TPSA) is 69.2 Å². The molecule has 2 rings (SSSR count). The van der Waals surface area contributed by atoms with E-state index in [0.29, 0.717) is 16.8 Å². The van der Waals surface area contributed by atoms with Gasteiger partial charge in [0.05, 0.1) is 4.92 Å². The van der Waals surface area contributed by atoms with Crippen molar-refractivity contribution in [2.24, 2.45) is 0 Å². The molecule has 86 valence electrons. The minimum Gasteiger partial charge on any atom is -0.398 e. The average Bonchev–Trinajstić information content (AvgIpc) is 2.29. The van der Waals surface area contributed by atoms with Gasteiger partial charge >= 0.3 is 0 Å².